The molecule has 1 atom stereocenters. The molecule has 0 heterocycles. The van der Waals surface area contributed by atoms with Gasteiger partial charge in [-0.05, 0) is 25.1 Å². The fraction of sp³-hybridized carbons (Fsp3) is 0.333. The summed E-state index contributed by atoms with van der Waals surface area (Å²) >= 11 is 0. The van der Waals surface area contributed by atoms with Gasteiger partial charge in [0, 0.05) is 12.5 Å². The SMILES string of the molecule is COC(=O)c1cc(S(=O)(=O)NC(C)CC(N)=O)ccc1O. The van der Waals surface area contributed by atoms with E-state index >= 15 is 0 Å². The highest BCUT2D eigenvalue weighted by atomic mass is 32.2. The van der Waals surface area contributed by atoms with Crippen molar-refractivity contribution < 1.29 is 27.9 Å². The lowest BCUT2D eigenvalue weighted by Gasteiger charge is -2.13. The van der Waals surface area contributed by atoms with Gasteiger partial charge < -0.3 is 15.6 Å². The molecule has 0 saturated carbocycles. The molecule has 0 bridgehead atoms. The predicted octanol–water partition coefficient (Wildman–Crippen LogP) is -0.279. The predicted molar refractivity (Wildman–Crippen MR) is 73.0 cm³/mol. The number of ether oxygens (including phenoxy) is 1. The van der Waals surface area contributed by atoms with Crippen molar-refractivity contribution in [3.63, 3.8) is 0 Å². The molecule has 0 spiro atoms. The third-order valence-electron chi connectivity index (χ3n) is 2.55. The lowest BCUT2D eigenvalue weighted by molar-refractivity contribution is -0.118. The van der Waals surface area contributed by atoms with Gasteiger partial charge in [0.1, 0.15) is 11.3 Å². The Hall–Kier alpha value is -2.13. The largest absolute Gasteiger partial charge is 0.507 e. The number of benzene rings is 1. The number of rotatable bonds is 6. The minimum Gasteiger partial charge on any atom is -0.507 e. The van der Waals surface area contributed by atoms with Crippen LogP contribution in [0.5, 0.6) is 5.75 Å². The Morgan fingerprint density at radius 3 is 2.57 bits per heavy atom. The second-order valence-corrected chi connectivity index (χ2v) is 6.08. The fourth-order valence-electron chi connectivity index (χ4n) is 1.63. The van der Waals surface area contributed by atoms with Crippen LogP contribution in [0.25, 0.3) is 0 Å². The maximum atomic E-state index is 12.1. The Kier molecular flexibility index (Phi) is 5.28. The van der Waals surface area contributed by atoms with Crippen LogP contribution < -0.4 is 10.5 Å². The minimum absolute atomic E-state index is 0.166. The number of primary amides is 1. The molecule has 1 rings (SSSR count). The average Bonchev–Trinajstić information content (AvgIpc) is 2.36. The molecule has 1 aromatic carbocycles. The lowest BCUT2D eigenvalue weighted by atomic mass is 10.2. The Morgan fingerprint density at radius 1 is 1.43 bits per heavy atom. The molecular weight excluding hydrogens is 300 g/mol. The number of nitrogens with one attached hydrogen (secondary N) is 1. The summed E-state index contributed by atoms with van der Waals surface area (Å²) in [4.78, 5) is 21.9. The summed E-state index contributed by atoms with van der Waals surface area (Å²) in [6, 6.07) is 2.48. The van der Waals surface area contributed by atoms with Crippen molar-refractivity contribution in [2.75, 3.05) is 7.11 Å². The highest BCUT2D eigenvalue weighted by Gasteiger charge is 2.21. The zero-order valence-electron chi connectivity index (χ0n) is 11.5. The van der Waals surface area contributed by atoms with E-state index in [0.29, 0.717) is 0 Å². The third-order valence-corrected chi connectivity index (χ3v) is 4.13. The van der Waals surface area contributed by atoms with Crippen LogP contribution in [0.15, 0.2) is 23.1 Å². The molecule has 0 aliphatic carbocycles. The van der Waals surface area contributed by atoms with E-state index in [9.17, 15) is 23.1 Å². The first-order valence-electron chi connectivity index (χ1n) is 5.89. The summed E-state index contributed by atoms with van der Waals surface area (Å²) in [7, 11) is -2.86. The maximum absolute atomic E-state index is 12.1. The molecule has 9 heteroatoms. The van der Waals surface area contributed by atoms with Crippen LogP contribution in [0, 0.1) is 0 Å². The number of amides is 1. The monoisotopic (exact) mass is 316 g/mol. The third kappa shape index (κ3) is 4.43. The summed E-state index contributed by atoms with van der Waals surface area (Å²) in [5.74, 6) is -1.91. The zero-order chi connectivity index (χ0) is 16.2. The van der Waals surface area contributed by atoms with Crippen LogP contribution in [0.4, 0.5) is 0 Å². The van der Waals surface area contributed by atoms with Crippen LogP contribution in [-0.2, 0) is 19.6 Å². The molecule has 0 saturated heterocycles. The molecule has 0 aliphatic rings. The molecule has 8 nitrogen and oxygen atoms in total. The van der Waals surface area contributed by atoms with Gasteiger partial charge in [0.2, 0.25) is 15.9 Å². The van der Waals surface area contributed by atoms with Gasteiger partial charge in [-0.15, -0.1) is 0 Å². The van der Waals surface area contributed by atoms with Gasteiger partial charge in [-0.2, -0.15) is 0 Å². The van der Waals surface area contributed by atoms with Crippen molar-refractivity contribution in [1.29, 1.82) is 0 Å². The van der Waals surface area contributed by atoms with Crippen LogP contribution in [0.2, 0.25) is 0 Å². The van der Waals surface area contributed by atoms with Crippen LogP contribution in [-0.4, -0.2) is 38.6 Å². The number of carbonyl (C=O) groups excluding carboxylic acids is 2. The van der Waals surface area contributed by atoms with Crippen molar-refractivity contribution in [1.82, 2.24) is 4.72 Å². The molecule has 4 N–H and O–H groups in total. The van der Waals surface area contributed by atoms with Gasteiger partial charge in [-0.1, -0.05) is 0 Å². The lowest BCUT2D eigenvalue weighted by Crippen LogP contribution is -2.35. The molecular formula is C12H16N2O6S. The van der Waals surface area contributed by atoms with E-state index in [0.717, 1.165) is 25.3 Å². The molecule has 0 fully saturated rings. The molecule has 116 valence electrons. The minimum atomic E-state index is -3.96. The molecule has 0 aromatic heterocycles. The first kappa shape index (κ1) is 16.9. The number of phenolic OH excluding ortho intramolecular Hbond substituents is 1. The number of aromatic hydroxyl groups is 1. The van der Waals surface area contributed by atoms with Gasteiger partial charge in [-0.25, -0.2) is 17.9 Å². The second-order valence-electron chi connectivity index (χ2n) is 4.36. The van der Waals surface area contributed by atoms with Crippen molar-refractivity contribution in [3.05, 3.63) is 23.8 Å². The van der Waals surface area contributed by atoms with E-state index in [-0.39, 0.29) is 16.9 Å². The van der Waals surface area contributed by atoms with Crippen LogP contribution in [0.3, 0.4) is 0 Å². The van der Waals surface area contributed by atoms with Crippen molar-refractivity contribution >= 4 is 21.9 Å². The Balaban J connectivity index is 3.09. The maximum Gasteiger partial charge on any atom is 0.341 e. The van der Waals surface area contributed by atoms with E-state index in [4.69, 9.17) is 5.73 Å². The van der Waals surface area contributed by atoms with Crippen LogP contribution in [0.1, 0.15) is 23.7 Å². The fourth-order valence-corrected chi connectivity index (χ4v) is 2.90. The summed E-state index contributed by atoms with van der Waals surface area (Å²) in [6.07, 6.45) is -0.166. The number of sulfonamides is 1. The topological polar surface area (TPSA) is 136 Å². The quantitative estimate of drug-likeness (QED) is 0.618. The highest BCUT2D eigenvalue weighted by molar-refractivity contribution is 7.89. The number of carbonyl (C=O) groups is 2. The van der Waals surface area contributed by atoms with E-state index in [1.54, 1.807) is 0 Å². The van der Waals surface area contributed by atoms with Crippen LogP contribution >= 0.6 is 0 Å². The smallest absolute Gasteiger partial charge is 0.341 e. The summed E-state index contributed by atoms with van der Waals surface area (Å²) in [5, 5.41) is 9.53. The van der Waals surface area contributed by atoms with E-state index in [1.807, 2.05) is 0 Å². The van der Waals surface area contributed by atoms with Crippen molar-refractivity contribution in [2.45, 2.75) is 24.3 Å². The first-order chi connectivity index (χ1) is 9.67. The molecule has 1 aromatic rings. The molecule has 1 unspecified atom stereocenters. The standard InChI is InChI=1S/C12H16N2O6S/c1-7(5-11(13)16)14-21(18,19)8-3-4-10(15)9(6-8)12(17)20-2/h3-4,6-7,14-15H,5H2,1-2H3,(H2,13,16). The number of esters is 1. The van der Waals surface area contributed by atoms with Gasteiger partial charge in [0.15, 0.2) is 0 Å². The second kappa shape index (κ2) is 6.55. The first-order valence-corrected chi connectivity index (χ1v) is 7.37. The molecule has 1 amide bonds. The Bertz CT molecular complexity index is 656. The van der Waals surface area contributed by atoms with E-state index in [1.165, 1.54) is 6.92 Å². The molecule has 0 radical (unpaired) electrons. The summed E-state index contributed by atoms with van der Waals surface area (Å²) in [5.41, 5.74) is 4.71. The van der Waals surface area contributed by atoms with Crippen molar-refractivity contribution in [2.24, 2.45) is 5.73 Å². The highest BCUT2D eigenvalue weighted by Crippen LogP contribution is 2.22. The normalized spacial score (nSPS) is 12.7. The number of nitrogens with two attached hydrogens (primary N) is 1. The Morgan fingerprint density at radius 2 is 2.05 bits per heavy atom. The van der Waals surface area contributed by atoms with Crippen molar-refractivity contribution in [3.8, 4) is 5.75 Å². The zero-order valence-corrected chi connectivity index (χ0v) is 12.3. The van der Waals surface area contributed by atoms with Gasteiger partial charge in [0.05, 0.1) is 12.0 Å². The number of phenols is 1. The number of methoxy groups -OCH3 is 1. The van der Waals surface area contributed by atoms with E-state index in [2.05, 4.69) is 9.46 Å². The average molecular weight is 316 g/mol. The molecule has 0 aliphatic heterocycles. The molecule has 21 heavy (non-hydrogen) atoms. The van der Waals surface area contributed by atoms with Gasteiger partial charge >= 0.3 is 5.97 Å². The summed E-state index contributed by atoms with van der Waals surface area (Å²) < 4.78 is 30.9. The summed E-state index contributed by atoms with van der Waals surface area (Å²) in [6.45, 7) is 1.48. The Labute approximate surface area is 122 Å². The van der Waals surface area contributed by atoms with Gasteiger partial charge in [-0.3, -0.25) is 4.79 Å². The number of hydrogen-bond acceptors (Lipinski definition) is 6. The number of hydrogen-bond donors (Lipinski definition) is 3. The van der Waals surface area contributed by atoms with Gasteiger partial charge in [0.25, 0.3) is 0 Å². The van der Waals surface area contributed by atoms with E-state index < -0.39 is 33.7 Å².